The zero-order chi connectivity index (χ0) is 14.7. The number of piperidine rings is 3. The van der Waals surface area contributed by atoms with E-state index in [2.05, 4.69) is 27.4 Å². The lowest BCUT2D eigenvalue weighted by atomic mass is 9.84. The van der Waals surface area contributed by atoms with Crippen LogP contribution in [0, 0.1) is 5.92 Å². The summed E-state index contributed by atoms with van der Waals surface area (Å²) in [5.41, 5.74) is 0.694. The van der Waals surface area contributed by atoms with Gasteiger partial charge in [-0.3, -0.25) is 4.79 Å². The van der Waals surface area contributed by atoms with Crippen molar-refractivity contribution in [2.24, 2.45) is 5.92 Å². The van der Waals surface area contributed by atoms with Gasteiger partial charge in [-0.1, -0.05) is 6.92 Å². The lowest BCUT2D eigenvalue weighted by molar-refractivity contribution is 0.0620. The van der Waals surface area contributed by atoms with Gasteiger partial charge in [0.15, 0.2) is 0 Å². The average molecular weight is 288 g/mol. The highest BCUT2D eigenvalue weighted by atomic mass is 16.1. The van der Waals surface area contributed by atoms with E-state index in [0.717, 1.165) is 25.3 Å². The van der Waals surface area contributed by atoms with Crippen molar-refractivity contribution in [2.45, 2.75) is 32.2 Å². The SMILES string of the molecule is CCCNc1cc(C(=O)NC2CN3CCC2CC3)ccn1. The number of hydrogen-bond acceptors (Lipinski definition) is 4. The zero-order valence-electron chi connectivity index (χ0n) is 12.6. The molecule has 3 aliphatic rings. The van der Waals surface area contributed by atoms with E-state index in [-0.39, 0.29) is 5.91 Å². The molecule has 1 aromatic rings. The summed E-state index contributed by atoms with van der Waals surface area (Å²) < 4.78 is 0. The second-order valence-corrected chi connectivity index (χ2v) is 6.07. The molecule has 3 saturated heterocycles. The zero-order valence-corrected chi connectivity index (χ0v) is 12.6. The van der Waals surface area contributed by atoms with Crippen LogP contribution in [0.1, 0.15) is 36.5 Å². The summed E-state index contributed by atoms with van der Waals surface area (Å²) in [6, 6.07) is 3.93. The monoisotopic (exact) mass is 288 g/mol. The van der Waals surface area contributed by atoms with E-state index >= 15 is 0 Å². The first-order valence-electron chi connectivity index (χ1n) is 7.99. The van der Waals surface area contributed by atoms with Gasteiger partial charge in [0, 0.05) is 30.9 Å². The second-order valence-electron chi connectivity index (χ2n) is 6.07. The third kappa shape index (κ3) is 3.35. The van der Waals surface area contributed by atoms with Gasteiger partial charge in [0.05, 0.1) is 0 Å². The quantitative estimate of drug-likeness (QED) is 0.866. The molecule has 4 heterocycles. The number of fused-ring (bicyclic) bond motifs is 3. The van der Waals surface area contributed by atoms with Crippen LogP contribution in [0.2, 0.25) is 0 Å². The first-order chi connectivity index (χ1) is 10.3. The number of carbonyl (C=O) groups is 1. The highest BCUT2D eigenvalue weighted by molar-refractivity contribution is 5.95. The topological polar surface area (TPSA) is 57.3 Å². The number of amides is 1. The Kier molecular flexibility index (Phi) is 4.39. The lowest BCUT2D eigenvalue weighted by Gasteiger charge is -2.44. The molecule has 0 radical (unpaired) electrons. The minimum absolute atomic E-state index is 0.0238. The second kappa shape index (κ2) is 6.43. The van der Waals surface area contributed by atoms with Gasteiger partial charge >= 0.3 is 0 Å². The molecule has 0 aromatic carbocycles. The van der Waals surface area contributed by atoms with Gasteiger partial charge in [-0.2, -0.15) is 0 Å². The van der Waals surface area contributed by atoms with Crippen molar-refractivity contribution in [3.63, 3.8) is 0 Å². The molecule has 114 valence electrons. The van der Waals surface area contributed by atoms with Crippen molar-refractivity contribution in [3.8, 4) is 0 Å². The molecule has 1 aromatic heterocycles. The van der Waals surface area contributed by atoms with Gasteiger partial charge in [-0.05, 0) is 50.4 Å². The fourth-order valence-electron chi connectivity index (χ4n) is 3.30. The summed E-state index contributed by atoms with van der Waals surface area (Å²) in [6.45, 7) is 6.37. The molecule has 1 unspecified atom stereocenters. The normalized spacial score (nSPS) is 27.4. The van der Waals surface area contributed by atoms with Crippen LogP contribution in [-0.2, 0) is 0 Å². The summed E-state index contributed by atoms with van der Waals surface area (Å²) in [4.78, 5) is 19.1. The van der Waals surface area contributed by atoms with E-state index in [4.69, 9.17) is 0 Å². The third-order valence-electron chi connectivity index (χ3n) is 4.55. The molecular weight excluding hydrogens is 264 g/mol. The Labute approximate surface area is 126 Å². The summed E-state index contributed by atoms with van der Waals surface area (Å²) in [5, 5.41) is 6.43. The van der Waals surface area contributed by atoms with E-state index in [1.54, 1.807) is 12.3 Å². The first kappa shape index (κ1) is 14.3. The molecule has 0 spiro atoms. The number of nitrogens with zero attached hydrogens (tertiary/aromatic N) is 2. The Balaban J connectivity index is 1.62. The predicted octanol–water partition coefficient (Wildman–Crippen LogP) is 1.73. The molecule has 21 heavy (non-hydrogen) atoms. The summed E-state index contributed by atoms with van der Waals surface area (Å²) >= 11 is 0. The molecule has 2 N–H and O–H groups in total. The molecular formula is C16H24N4O. The molecule has 5 nitrogen and oxygen atoms in total. The Morgan fingerprint density at radius 1 is 1.43 bits per heavy atom. The molecule has 3 aliphatic heterocycles. The number of aromatic nitrogens is 1. The number of carbonyl (C=O) groups excluding carboxylic acids is 1. The van der Waals surface area contributed by atoms with Crippen LogP contribution in [0.15, 0.2) is 18.3 Å². The maximum atomic E-state index is 12.4. The van der Waals surface area contributed by atoms with Gasteiger partial charge in [0.25, 0.3) is 5.91 Å². The van der Waals surface area contributed by atoms with Crippen LogP contribution in [-0.4, -0.2) is 48.0 Å². The predicted molar refractivity (Wildman–Crippen MR) is 83.4 cm³/mol. The average Bonchev–Trinajstić information content (AvgIpc) is 2.54. The molecule has 2 bridgehead atoms. The van der Waals surface area contributed by atoms with Crippen LogP contribution in [0.25, 0.3) is 0 Å². The maximum absolute atomic E-state index is 12.4. The van der Waals surface area contributed by atoms with Crippen LogP contribution in [0.3, 0.4) is 0 Å². The number of hydrogen-bond donors (Lipinski definition) is 2. The molecule has 3 fully saturated rings. The van der Waals surface area contributed by atoms with Gasteiger partial charge < -0.3 is 15.5 Å². The van der Waals surface area contributed by atoms with Crippen molar-refractivity contribution in [2.75, 3.05) is 31.5 Å². The highest BCUT2D eigenvalue weighted by Crippen LogP contribution is 2.27. The first-order valence-corrected chi connectivity index (χ1v) is 7.99. The molecule has 1 amide bonds. The van der Waals surface area contributed by atoms with E-state index < -0.39 is 0 Å². The number of nitrogens with one attached hydrogen (secondary N) is 2. The van der Waals surface area contributed by atoms with Crippen molar-refractivity contribution in [3.05, 3.63) is 23.9 Å². The maximum Gasteiger partial charge on any atom is 0.251 e. The third-order valence-corrected chi connectivity index (χ3v) is 4.55. The van der Waals surface area contributed by atoms with E-state index in [0.29, 0.717) is 17.5 Å². The van der Waals surface area contributed by atoms with Crippen LogP contribution in [0.5, 0.6) is 0 Å². The smallest absolute Gasteiger partial charge is 0.251 e. The Bertz CT molecular complexity index is 497. The largest absolute Gasteiger partial charge is 0.370 e. The van der Waals surface area contributed by atoms with Crippen LogP contribution in [0.4, 0.5) is 5.82 Å². The molecule has 0 saturated carbocycles. The Morgan fingerprint density at radius 2 is 2.24 bits per heavy atom. The molecule has 0 aliphatic carbocycles. The van der Waals surface area contributed by atoms with Gasteiger partial charge in [0.2, 0.25) is 0 Å². The minimum Gasteiger partial charge on any atom is -0.370 e. The van der Waals surface area contributed by atoms with E-state index in [9.17, 15) is 4.79 Å². The standard InChI is InChI=1S/C16H24N4O/c1-2-6-17-15-10-13(3-7-18-15)16(21)19-14-11-20-8-4-12(14)5-9-20/h3,7,10,12,14H,2,4-6,8-9,11H2,1H3,(H,17,18)(H,19,21). The molecule has 1 atom stereocenters. The van der Waals surface area contributed by atoms with Crippen LogP contribution < -0.4 is 10.6 Å². The summed E-state index contributed by atoms with van der Waals surface area (Å²) in [6.07, 6.45) is 5.16. The van der Waals surface area contributed by atoms with Crippen molar-refractivity contribution >= 4 is 11.7 Å². The molecule has 4 rings (SSSR count). The fraction of sp³-hybridized carbons (Fsp3) is 0.625. The van der Waals surface area contributed by atoms with Crippen molar-refractivity contribution in [1.29, 1.82) is 0 Å². The number of pyridine rings is 1. The van der Waals surface area contributed by atoms with Crippen molar-refractivity contribution in [1.82, 2.24) is 15.2 Å². The Morgan fingerprint density at radius 3 is 2.90 bits per heavy atom. The van der Waals surface area contributed by atoms with Gasteiger partial charge in [-0.15, -0.1) is 0 Å². The molecule has 5 heteroatoms. The highest BCUT2D eigenvalue weighted by Gasteiger charge is 2.34. The lowest BCUT2D eigenvalue weighted by Crippen LogP contribution is -2.57. The van der Waals surface area contributed by atoms with Gasteiger partial charge in [-0.25, -0.2) is 4.98 Å². The Hall–Kier alpha value is -1.62. The minimum atomic E-state index is 0.0238. The van der Waals surface area contributed by atoms with E-state index in [1.807, 2.05) is 6.07 Å². The van der Waals surface area contributed by atoms with Crippen LogP contribution >= 0.6 is 0 Å². The van der Waals surface area contributed by atoms with E-state index in [1.165, 1.54) is 25.9 Å². The summed E-state index contributed by atoms with van der Waals surface area (Å²) in [5.74, 6) is 1.45. The fourth-order valence-corrected chi connectivity index (χ4v) is 3.30. The summed E-state index contributed by atoms with van der Waals surface area (Å²) in [7, 11) is 0. The van der Waals surface area contributed by atoms with Gasteiger partial charge in [0.1, 0.15) is 5.82 Å². The number of anilines is 1. The number of rotatable bonds is 5. The van der Waals surface area contributed by atoms with Crippen molar-refractivity contribution < 1.29 is 4.79 Å².